The average molecular weight is 347 g/mol. The van der Waals surface area contributed by atoms with Crippen molar-refractivity contribution in [3.63, 3.8) is 0 Å². The fourth-order valence-electron chi connectivity index (χ4n) is 4.30. The van der Waals surface area contributed by atoms with Crippen molar-refractivity contribution in [3.8, 4) is 0 Å². The average Bonchev–Trinajstić information content (AvgIpc) is 3.40. The Morgan fingerprint density at radius 2 is 2.12 bits per heavy atom. The summed E-state index contributed by atoms with van der Waals surface area (Å²) in [4.78, 5) is 15.1. The number of hydrogen-bond acceptors (Lipinski definition) is 5. The molecule has 0 radical (unpaired) electrons. The third-order valence-electron chi connectivity index (χ3n) is 6.12. The molecule has 3 atom stereocenters. The van der Waals surface area contributed by atoms with Gasteiger partial charge in [0, 0.05) is 50.2 Å². The van der Waals surface area contributed by atoms with Crippen molar-refractivity contribution in [1.82, 2.24) is 15.4 Å². The van der Waals surface area contributed by atoms with Gasteiger partial charge in [0.1, 0.15) is 5.76 Å². The zero-order chi connectivity index (χ0) is 17.4. The maximum absolute atomic E-state index is 12.7. The van der Waals surface area contributed by atoms with Crippen LogP contribution in [-0.4, -0.2) is 48.3 Å². The number of piperidine rings is 1. The van der Waals surface area contributed by atoms with E-state index in [4.69, 9.17) is 9.26 Å². The molecule has 1 N–H and O–H groups in total. The van der Waals surface area contributed by atoms with Crippen LogP contribution in [0.5, 0.6) is 0 Å². The van der Waals surface area contributed by atoms with E-state index < -0.39 is 0 Å². The highest BCUT2D eigenvalue weighted by atomic mass is 16.5. The Morgan fingerprint density at radius 3 is 2.84 bits per heavy atom. The van der Waals surface area contributed by atoms with E-state index in [2.05, 4.69) is 15.4 Å². The van der Waals surface area contributed by atoms with Crippen LogP contribution in [-0.2, 0) is 16.1 Å². The molecule has 3 aliphatic rings. The van der Waals surface area contributed by atoms with Crippen LogP contribution in [0.1, 0.15) is 42.7 Å². The summed E-state index contributed by atoms with van der Waals surface area (Å²) >= 11 is 0. The monoisotopic (exact) mass is 347 g/mol. The second-order valence-corrected chi connectivity index (χ2v) is 7.98. The number of rotatable bonds is 5. The standard InChI is InChI=1S/C19H29N3O3/c1-12-16(13(2)25-21-12)10-22-7-5-18-17(11-22)15(6-8-24-18)19(23)20-9-14-3-4-14/h14-15,17-18H,3-11H2,1-2H3,(H,20,23)/t15-,17-,18-/m0/s1. The molecule has 1 amide bonds. The summed E-state index contributed by atoms with van der Waals surface area (Å²) < 4.78 is 11.3. The summed E-state index contributed by atoms with van der Waals surface area (Å²) in [5, 5.41) is 7.25. The van der Waals surface area contributed by atoms with Gasteiger partial charge in [0.15, 0.2) is 0 Å². The zero-order valence-electron chi connectivity index (χ0n) is 15.3. The van der Waals surface area contributed by atoms with Crippen LogP contribution in [0, 0.1) is 31.6 Å². The molecule has 1 aromatic rings. The van der Waals surface area contributed by atoms with Crippen molar-refractivity contribution in [1.29, 1.82) is 0 Å². The molecule has 0 bridgehead atoms. The number of nitrogens with zero attached hydrogens (tertiary/aromatic N) is 2. The highest BCUT2D eigenvalue weighted by Gasteiger charge is 2.42. The second kappa shape index (κ2) is 7.08. The number of amides is 1. The minimum atomic E-state index is 0.0879. The molecule has 1 aliphatic carbocycles. The van der Waals surface area contributed by atoms with Gasteiger partial charge >= 0.3 is 0 Å². The molecule has 138 valence electrons. The summed E-state index contributed by atoms with van der Waals surface area (Å²) in [6, 6.07) is 0. The molecule has 1 saturated carbocycles. The van der Waals surface area contributed by atoms with E-state index in [1.54, 1.807) is 0 Å². The van der Waals surface area contributed by atoms with Crippen LogP contribution in [0.4, 0.5) is 0 Å². The van der Waals surface area contributed by atoms with Gasteiger partial charge in [-0.05, 0) is 45.4 Å². The molecule has 0 aromatic carbocycles. The Kier molecular flexibility index (Phi) is 4.82. The lowest BCUT2D eigenvalue weighted by Gasteiger charge is -2.44. The SMILES string of the molecule is Cc1noc(C)c1CN1CC[C@@H]2OCC[C@H](C(=O)NCC3CC3)[C@@H]2C1. The van der Waals surface area contributed by atoms with Gasteiger partial charge in [0.2, 0.25) is 5.91 Å². The molecule has 2 saturated heterocycles. The van der Waals surface area contributed by atoms with Gasteiger partial charge in [-0.25, -0.2) is 0 Å². The van der Waals surface area contributed by atoms with Crippen molar-refractivity contribution >= 4 is 5.91 Å². The van der Waals surface area contributed by atoms with Crippen molar-refractivity contribution in [2.45, 2.75) is 52.2 Å². The molecule has 4 rings (SSSR count). The quantitative estimate of drug-likeness (QED) is 0.883. The first-order valence-corrected chi connectivity index (χ1v) is 9.65. The fraction of sp³-hybridized carbons (Fsp3) is 0.789. The number of carbonyl (C=O) groups is 1. The maximum atomic E-state index is 12.7. The van der Waals surface area contributed by atoms with Gasteiger partial charge in [0.25, 0.3) is 0 Å². The van der Waals surface area contributed by atoms with E-state index in [0.29, 0.717) is 12.5 Å². The minimum Gasteiger partial charge on any atom is -0.378 e. The lowest BCUT2D eigenvalue weighted by Crippen LogP contribution is -2.53. The normalized spacial score (nSPS) is 30.1. The van der Waals surface area contributed by atoms with Crippen molar-refractivity contribution in [2.24, 2.45) is 17.8 Å². The lowest BCUT2D eigenvalue weighted by atomic mass is 9.79. The molecule has 0 unspecified atom stereocenters. The van der Waals surface area contributed by atoms with Crippen LogP contribution < -0.4 is 5.32 Å². The number of nitrogens with one attached hydrogen (secondary N) is 1. The number of aromatic nitrogens is 1. The van der Waals surface area contributed by atoms with Crippen molar-refractivity contribution in [2.75, 3.05) is 26.2 Å². The smallest absolute Gasteiger partial charge is 0.223 e. The van der Waals surface area contributed by atoms with Gasteiger partial charge in [-0.3, -0.25) is 9.69 Å². The highest BCUT2D eigenvalue weighted by Crippen LogP contribution is 2.34. The molecule has 3 heterocycles. The molecule has 0 spiro atoms. The molecule has 6 heteroatoms. The molecular formula is C19H29N3O3. The summed E-state index contributed by atoms with van der Waals surface area (Å²) in [6.07, 6.45) is 4.61. The van der Waals surface area contributed by atoms with E-state index in [0.717, 1.165) is 56.4 Å². The Balaban J connectivity index is 1.40. The number of hydrogen-bond donors (Lipinski definition) is 1. The van der Waals surface area contributed by atoms with Crippen molar-refractivity contribution in [3.05, 3.63) is 17.0 Å². The Bertz CT molecular complexity index is 606. The Hall–Kier alpha value is -1.40. The largest absolute Gasteiger partial charge is 0.378 e. The van der Waals surface area contributed by atoms with E-state index in [9.17, 15) is 4.79 Å². The number of likely N-dealkylation sites (tertiary alicyclic amines) is 1. The molecular weight excluding hydrogens is 318 g/mol. The van der Waals surface area contributed by atoms with E-state index in [1.807, 2.05) is 13.8 Å². The van der Waals surface area contributed by atoms with Crippen LogP contribution in [0.3, 0.4) is 0 Å². The fourth-order valence-corrected chi connectivity index (χ4v) is 4.30. The van der Waals surface area contributed by atoms with E-state index >= 15 is 0 Å². The topological polar surface area (TPSA) is 67.6 Å². The molecule has 3 fully saturated rings. The van der Waals surface area contributed by atoms with Gasteiger partial charge < -0.3 is 14.6 Å². The summed E-state index contributed by atoms with van der Waals surface area (Å²) in [5.74, 6) is 2.25. The molecule has 1 aromatic heterocycles. The minimum absolute atomic E-state index is 0.0879. The maximum Gasteiger partial charge on any atom is 0.223 e. The molecule has 2 aliphatic heterocycles. The first-order valence-electron chi connectivity index (χ1n) is 9.65. The summed E-state index contributed by atoms with van der Waals surface area (Å²) in [7, 11) is 0. The number of aryl methyl sites for hydroxylation is 2. The van der Waals surface area contributed by atoms with Gasteiger partial charge in [-0.1, -0.05) is 5.16 Å². The molecule has 6 nitrogen and oxygen atoms in total. The van der Waals surface area contributed by atoms with Gasteiger partial charge in [0.05, 0.1) is 11.8 Å². The number of carbonyl (C=O) groups excluding carboxylic acids is 1. The molecule has 25 heavy (non-hydrogen) atoms. The Labute approximate surface area is 149 Å². The summed E-state index contributed by atoms with van der Waals surface area (Å²) in [5.41, 5.74) is 2.16. The van der Waals surface area contributed by atoms with Crippen LogP contribution in [0.15, 0.2) is 4.52 Å². The predicted molar refractivity (Wildman–Crippen MR) is 92.9 cm³/mol. The van der Waals surface area contributed by atoms with Crippen LogP contribution >= 0.6 is 0 Å². The van der Waals surface area contributed by atoms with Gasteiger partial charge in [-0.15, -0.1) is 0 Å². The predicted octanol–water partition coefficient (Wildman–Crippen LogP) is 2.04. The van der Waals surface area contributed by atoms with E-state index in [1.165, 1.54) is 18.4 Å². The van der Waals surface area contributed by atoms with Gasteiger partial charge in [-0.2, -0.15) is 0 Å². The first-order chi connectivity index (χ1) is 12.1. The lowest BCUT2D eigenvalue weighted by molar-refractivity contribution is -0.142. The first kappa shape index (κ1) is 17.0. The third kappa shape index (κ3) is 3.75. The van der Waals surface area contributed by atoms with Crippen molar-refractivity contribution < 1.29 is 14.1 Å². The van der Waals surface area contributed by atoms with Crippen LogP contribution in [0.25, 0.3) is 0 Å². The highest BCUT2D eigenvalue weighted by molar-refractivity contribution is 5.79. The third-order valence-corrected chi connectivity index (χ3v) is 6.12. The number of fused-ring (bicyclic) bond motifs is 1. The summed E-state index contributed by atoms with van der Waals surface area (Å²) in [6.45, 7) is 8.30. The Morgan fingerprint density at radius 1 is 1.28 bits per heavy atom. The van der Waals surface area contributed by atoms with Crippen LogP contribution in [0.2, 0.25) is 0 Å². The zero-order valence-corrected chi connectivity index (χ0v) is 15.3. The number of ether oxygens (including phenoxy) is 1. The van der Waals surface area contributed by atoms with E-state index in [-0.39, 0.29) is 17.9 Å². The second-order valence-electron chi connectivity index (χ2n) is 7.98.